The van der Waals surface area contributed by atoms with E-state index in [1.165, 1.54) is 5.56 Å². The maximum atomic E-state index is 9.72. The molecule has 1 N–H and O–H groups in total. The summed E-state index contributed by atoms with van der Waals surface area (Å²) in [6.07, 6.45) is 3.23. The molecule has 108 valence electrons. The largest absolute Gasteiger partial charge is 0.389 e. The number of hydrogen-bond acceptors (Lipinski definition) is 4. The predicted octanol–water partition coefficient (Wildman–Crippen LogP) is 1.31. The van der Waals surface area contributed by atoms with Gasteiger partial charge in [0.1, 0.15) is 0 Å². The number of nitrogens with zero attached hydrogens (tertiary/aromatic N) is 3. The smallest absolute Gasteiger partial charge is 0.0900 e. The average Bonchev–Trinajstić information content (AvgIpc) is 2.92. The lowest BCUT2D eigenvalue weighted by atomic mass is 10.2. The van der Waals surface area contributed by atoms with Gasteiger partial charge >= 0.3 is 0 Å². The molecule has 0 saturated heterocycles. The van der Waals surface area contributed by atoms with E-state index in [0.717, 1.165) is 12.2 Å². The van der Waals surface area contributed by atoms with Crippen LogP contribution in [0.15, 0.2) is 42.7 Å². The number of rotatable bonds is 7. The Balaban J connectivity index is 1.98. The summed E-state index contributed by atoms with van der Waals surface area (Å²) >= 11 is 0. The molecule has 0 radical (unpaired) electrons. The molecule has 1 unspecified atom stereocenters. The quantitative estimate of drug-likeness (QED) is 0.828. The summed E-state index contributed by atoms with van der Waals surface area (Å²) in [5.74, 6) is 0. The molecule has 1 atom stereocenters. The van der Waals surface area contributed by atoms with Crippen LogP contribution in [-0.4, -0.2) is 53.2 Å². The van der Waals surface area contributed by atoms with Gasteiger partial charge in [0.05, 0.1) is 18.4 Å². The third-order valence-corrected chi connectivity index (χ3v) is 3.01. The van der Waals surface area contributed by atoms with E-state index in [0.29, 0.717) is 13.2 Å². The molecule has 0 spiro atoms. The first-order chi connectivity index (χ1) is 9.69. The van der Waals surface area contributed by atoms with E-state index < -0.39 is 6.10 Å². The minimum absolute atomic E-state index is 0.359. The lowest BCUT2D eigenvalue weighted by Gasteiger charge is -2.20. The Hall–Kier alpha value is -1.69. The molecule has 1 aromatic carbocycles. The van der Waals surface area contributed by atoms with Crippen molar-refractivity contribution in [2.75, 3.05) is 27.3 Å². The molecule has 0 aliphatic carbocycles. The molecular formula is C15H21N3O2. The SMILES string of the molecule is COCC(O)CN(C)Cc1cccc(-n2cccn2)c1. The Kier molecular flexibility index (Phi) is 5.29. The highest BCUT2D eigenvalue weighted by Crippen LogP contribution is 2.11. The zero-order valence-corrected chi connectivity index (χ0v) is 11.9. The van der Waals surface area contributed by atoms with Crippen LogP contribution >= 0.6 is 0 Å². The van der Waals surface area contributed by atoms with Crippen LogP contribution in [-0.2, 0) is 11.3 Å². The van der Waals surface area contributed by atoms with Crippen molar-refractivity contribution in [3.05, 3.63) is 48.3 Å². The molecule has 5 heteroatoms. The highest BCUT2D eigenvalue weighted by molar-refractivity contribution is 5.34. The fraction of sp³-hybridized carbons (Fsp3) is 0.400. The molecule has 0 fully saturated rings. The van der Waals surface area contributed by atoms with Crippen LogP contribution in [0.1, 0.15) is 5.56 Å². The van der Waals surface area contributed by atoms with Gasteiger partial charge in [-0.05, 0) is 30.8 Å². The minimum atomic E-state index is -0.459. The number of aliphatic hydroxyl groups excluding tert-OH is 1. The third-order valence-electron chi connectivity index (χ3n) is 3.01. The van der Waals surface area contributed by atoms with E-state index in [1.807, 2.05) is 36.1 Å². The second kappa shape index (κ2) is 7.19. The highest BCUT2D eigenvalue weighted by Gasteiger charge is 2.08. The topological polar surface area (TPSA) is 50.5 Å². The Morgan fingerprint density at radius 1 is 1.40 bits per heavy atom. The van der Waals surface area contributed by atoms with Crippen molar-refractivity contribution in [3.63, 3.8) is 0 Å². The summed E-state index contributed by atoms with van der Waals surface area (Å²) in [7, 11) is 3.58. The summed E-state index contributed by atoms with van der Waals surface area (Å²) in [6.45, 7) is 1.72. The first-order valence-corrected chi connectivity index (χ1v) is 6.63. The minimum Gasteiger partial charge on any atom is -0.389 e. The van der Waals surface area contributed by atoms with E-state index in [9.17, 15) is 5.11 Å². The van der Waals surface area contributed by atoms with Gasteiger partial charge in [0, 0.05) is 32.6 Å². The van der Waals surface area contributed by atoms with Crippen molar-refractivity contribution in [1.82, 2.24) is 14.7 Å². The molecule has 0 aliphatic heterocycles. The van der Waals surface area contributed by atoms with Crippen LogP contribution in [0.5, 0.6) is 0 Å². The van der Waals surface area contributed by atoms with Crippen molar-refractivity contribution in [3.8, 4) is 5.69 Å². The Morgan fingerprint density at radius 2 is 2.25 bits per heavy atom. The average molecular weight is 275 g/mol. The molecule has 20 heavy (non-hydrogen) atoms. The number of hydrogen-bond donors (Lipinski definition) is 1. The van der Waals surface area contributed by atoms with Crippen LogP contribution < -0.4 is 0 Å². The maximum absolute atomic E-state index is 9.72. The number of ether oxygens (including phenoxy) is 1. The summed E-state index contributed by atoms with van der Waals surface area (Å²) in [6, 6.07) is 10.1. The van der Waals surface area contributed by atoms with Gasteiger partial charge in [-0.1, -0.05) is 12.1 Å². The number of likely N-dealkylation sites (N-methyl/N-ethyl adjacent to an activating group) is 1. The van der Waals surface area contributed by atoms with E-state index in [-0.39, 0.29) is 0 Å². The first kappa shape index (κ1) is 14.7. The first-order valence-electron chi connectivity index (χ1n) is 6.63. The van der Waals surface area contributed by atoms with Gasteiger partial charge < -0.3 is 9.84 Å². The number of aliphatic hydroxyl groups is 1. The van der Waals surface area contributed by atoms with Gasteiger partial charge in [0.25, 0.3) is 0 Å². The number of aromatic nitrogens is 2. The molecule has 1 aromatic heterocycles. The van der Waals surface area contributed by atoms with Crippen LogP contribution in [0.4, 0.5) is 0 Å². The van der Waals surface area contributed by atoms with Gasteiger partial charge in [-0.3, -0.25) is 4.90 Å². The molecule has 2 rings (SSSR count). The summed E-state index contributed by atoms with van der Waals surface area (Å²) in [5.41, 5.74) is 2.23. The Bertz CT molecular complexity index is 514. The lowest BCUT2D eigenvalue weighted by Crippen LogP contribution is -2.31. The molecule has 1 heterocycles. The van der Waals surface area contributed by atoms with E-state index in [1.54, 1.807) is 13.3 Å². The maximum Gasteiger partial charge on any atom is 0.0900 e. The predicted molar refractivity (Wildman–Crippen MR) is 77.8 cm³/mol. The van der Waals surface area contributed by atoms with Gasteiger partial charge in [-0.2, -0.15) is 5.10 Å². The standard InChI is InChI=1S/C15H21N3O2/c1-17(11-15(19)12-20-2)10-13-5-3-6-14(9-13)18-8-4-7-16-18/h3-9,15,19H,10-12H2,1-2H3. The number of benzene rings is 1. The van der Waals surface area contributed by atoms with Crippen LogP contribution in [0, 0.1) is 0 Å². The normalized spacial score (nSPS) is 12.8. The molecule has 0 aliphatic rings. The number of methoxy groups -OCH3 is 1. The van der Waals surface area contributed by atoms with Crippen molar-refractivity contribution in [1.29, 1.82) is 0 Å². The monoisotopic (exact) mass is 275 g/mol. The summed E-state index contributed by atoms with van der Waals surface area (Å²) < 4.78 is 6.77. The van der Waals surface area contributed by atoms with Crippen LogP contribution in [0.2, 0.25) is 0 Å². The molecular weight excluding hydrogens is 254 g/mol. The molecule has 2 aromatic rings. The highest BCUT2D eigenvalue weighted by atomic mass is 16.5. The second-order valence-electron chi connectivity index (χ2n) is 4.93. The second-order valence-corrected chi connectivity index (χ2v) is 4.93. The van der Waals surface area contributed by atoms with Gasteiger partial charge in [0.2, 0.25) is 0 Å². The fourth-order valence-corrected chi connectivity index (χ4v) is 2.20. The lowest BCUT2D eigenvalue weighted by molar-refractivity contribution is 0.0419. The molecule has 0 amide bonds. The van der Waals surface area contributed by atoms with Gasteiger partial charge in [-0.25, -0.2) is 4.68 Å². The molecule has 5 nitrogen and oxygen atoms in total. The third kappa shape index (κ3) is 4.16. The van der Waals surface area contributed by atoms with Gasteiger partial charge in [-0.15, -0.1) is 0 Å². The van der Waals surface area contributed by atoms with Crippen molar-refractivity contribution >= 4 is 0 Å². The van der Waals surface area contributed by atoms with Gasteiger partial charge in [0.15, 0.2) is 0 Å². The van der Waals surface area contributed by atoms with Crippen molar-refractivity contribution in [2.24, 2.45) is 0 Å². The van der Waals surface area contributed by atoms with E-state index >= 15 is 0 Å². The summed E-state index contributed by atoms with van der Waals surface area (Å²) in [5, 5.41) is 13.9. The Labute approximate surface area is 119 Å². The zero-order chi connectivity index (χ0) is 14.4. The zero-order valence-electron chi connectivity index (χ0n) is 11.9. The molecule has 0 saturated carbocycles. The summed E-state index contributed by atoms with van der Waals surface area (Å²) in [4.78, 5) is 2.08. The fourth-order valence-electron chi connectivity index (χ4n) is 2.20. The van der Waals surface area contributed by atoms with Crippen molar-refractivity contribution < 1.29 is 9.84 Å². The van der Waals surface area contributed by atoms with E-state index in [4.69, 9.17) is 4.74 Å². The van der Waals surface area contributed by atoms with Crippen LogP contribution in [0.3, 0.4) is 0 Å². The molecule has 0 bridgehead atoms. The van der Waals surface area contributed by atoms with Crippen molar-refractivity contribution in [2.45, 2.75) is 12.6 Å². The Morgan fingerprint density at radius 3 is 2.95 bits per heavy atom. The van der Waals surface area contributed by atoms with Crippen LogP contribution in [0.25, 0.3) is 5.69 Å². The van der Waals surface area contributed by atoms with E-state index in [2.05, 4.69) is 22.1 Å².